The van der Waals surface area contributed by atoms with Gasteiger partial charge in [-0.25, -0.2) is 0 Å². The standard InChI is InChI=1S/C10H23NSi/c1-12(2)8-3-4-10(5-7-11)6-9-12/h10H,3-9,11H2,1-2H3/t10-/m0/s1. The first-order valence-electron chi connectivity index (χ1n) is 5.34. The molecule has 0 spiro atoms. The molecule has 0 radical (unpaired) electrons. The van der Waals surface area contributed by atoms with Crippen molar-refractivity contribution in [2.75, 3.05) is 6.54 Å². The fourth-order valence-electron chi connectivity index (χ4n) is 2.26. The Kier molecular flexibility index (Phi) is 3.78. The third kappa shape index (κ3) is 3.28. The van der Waals surface area contributed by atoms with E-state index >= 15 is 0 Å². The van der Waals surface area contributed by atoms with Crippen molar-refractivity contribution in [1.29, 1.82) is 0 Å². The minimum absolute atomic E-state index is 0.752. The number of hydrogen-bond acceptors (Lipinski definition) is 1. The molecule has 0 bridgehead atoms. The first-order valence-corrected chi connectivity index (χ1v) is 8.75. The summed E-state index contributed by atoms with van der Waals surface area (Å²) in [7, 11) is -0.752. The number of rotatable bonds is 2. The predicted molar refractivity (Wildman–Crippen MR) is 58.1 cm³/mol. The van der Waals surface area contributed by atoms with Gasteiger partial charge in [0, 0.05) is 8.07 Å². The summed E-state index contributed by atoms with van der Waals surface area (Å²) in [5.74, 6) is 0.962. The summed E-state index contributed by atoms with van der Waals surface area (Å²) < 4.78 is 0. The van der Waals surface area contributed by atoms with Crippen LogP contribution in [0.5, 0.6) is 0 Å². The summed E-state index contributed by atoms with van der Waals surface area (Å²) in [4.78, 5) is 0. The van der Waals surface area contributed by atoms with Crippen LogP contribution in [0.4, 0.5) is 0 Å². The molecule has 0 aromatic heterocycles. The van der Waals surface area contributed by atoms with Crippen LogP contribution >= 0.6 is 0 Å². The van der Waals surface area contributed by atoms with Crippen molar-refractivity contribution >= 4 is 8.07 Å². The van der Waals surface area contributed by atoms with Gasteiger partial charge in [-0.15, -0.1) is 0 Å². The lowest BCUT2D eigenvalue weighted by Gasteiger charge is -2.19. The molecule has 1 fully saturated rings. The van der Waals surface area contributed by atoms with Crippen molar-refractivity contribution in [3.8, 4) is 0 Å². The van der Waals surface area contributed by atoms with E-state index in [9.17, 15) is 0 Å². The van der Waals surface area contributed by atoms with Crippen molar-refractivity contribution in [2.45, 2.75) is 50.9 Å². The van der Waals surface area contributed by atoms with Crippen LogP contribution in [0.2, 0.25) is 25.2 Å². The predicted octanol–water partition coefficient (Wildman–Crippen LogP) is 2.84. The summed E-state index contributed by atoms with van der Waals surface area (Å²) >= 11 is 0. The van der Waals surface area contributed by atoms with Gasteiger partial charge in [0.25, 0.3) is 0 Å². The smallest absolute Gasteiger partial charge is 0.0473 e. The highest BCUT2D eigenvalue weighted by atomic mass is 28.3. The molecule has 12 heavy (non-hydrogen) atoms. The lowest BCUT2D eigenvalue weighted by molar-refractivity contribution is 0.446. The van der Waals surface area contributed by atoms with Gasteiger partial charge in [-0.05, 0) is 18.9 Å². The van der Waals surface area contributed by atoms with Crippen molar-refractivity contribution < 1.29 is 0 Å². The Labute approximate surface area is 77.7 Å². The Morgan fingerprint density at radius 2 is 2.00 bits per heavy atom. The Bertz CT molecular complexity index is 134. The van der Waals surface area contributed by atoms with Crippen molar-refractivity contribution in [3.05, 3.63) is 0 Å². The topological polar surface area (TPSA) is 26.0 Å². The minimum Gasteiger partial charge on any atom is -0.330 e. The van der Waals surface area contributed by atoms with Gasteiger partial charge in [0.1, 0.15) is 0 Å². The van der Waals surface area contributed by atoms with Crippen molar-refractivity contribution in [2.24, 2.45) is 11.7 Å². The molecule has 72 valence electrons. The molecule has 2 heteroatoms. The molecule has 0 saturated carbocycles. The molecule has 1 heterocycles. The van der Waals surface area contributed by atoms with Crippen molar-refractivity contribution in [3.63, 3.8) is 0 Å². The maximum Gasteiger partial charge on any atom is 0.0473 e. The molecule has 1 atom stereocenters. The van der Waals surface area contributed by atoms with Gasteiger partial charge >= 0.3 is 0 Å². The van der Waals surface area contributed by atoms with E-state index in [1.165, 1.54) is 31.7 Å². The van der Waals surface area contributed by atoms with E-state index < -0.39 is 8.07 Å². The van der Waals surface area contributed by atoms with Crippen LogP contribution in [0.25, 0.3) is 0 Å². The number of nitrogens with two attached hydrogens (primary N) is 1. The van der Waals surface area contributed by atoms with E-state index in [1.807, 2.05) is 0 Å². The molecule has 0 amide bonds. The third-order valence-electron chi connectivity index (χ3n) is 3.27. The van der Waals surface area contributed by atoms with Crippen LogP contribution in [0.3, 0.4) is 0 Å². The van der Waals surface area contributed by atoms with Crippen molar-refractivity contribution in [1.82, 2.24) is 0 Å². The summed E-state index contributed by atoms with van der Waals surface area (Å²) in [6.07, 6.45) is 5.67. The average molecular weight is 185 g/mol. The van der Waals surface area contributed by atoms with Gasteiger partial charge in [0.15, 0.2) is 0 Å². The summed E-state index contributed by atoms with van der Waals surface area (Å²) in [6.45, 7) is 5.97. The largest absolute Gasteiger partial charge is 0.330 e. The average Bonchev–Trinajstić information content (AvgIpc) is 2.14. The maximum absolute atomic E-state index is 5.59. The van der Waals surface area contributed by atoms with Crippen LogP contribution in [-0.4, -0.2) is 14.6 Å². The third-order valence-corrected chi connectivity index (χ3v) is 6.62. The molecule has 1 saturated heterocycles. The molecule has 0 aromatic rings. The molecule has 1 nitrogen and oxygen atoms in total. The van der Waals surface area contributed by atoms with E-state index in [-0.39, 0.29) is 0 Å². The number of hydrogen-bond donors (Lipinski definition) is 1. The van der Waals surface area contributed by atoms with Gasteiger partial charge < -0.3 is 5.73 Å². The summed E-state index contributed by atoms with van der Waals surface area (Å²) in [5.41, 5.74) is 5.59. The highest BCUT2D eigenvalue weighted by molar-refractivity contribution is 6.77. The second kappa shape index (κ2) is 4.42. The highest BCUT2D eigenvalue weighted by Gasteiger charge is 2.25. The monoisotopic (exact) mass is 185 g/mol. The van der Waals surface area contributed by atoms with E-state index in [2.05, 4.69) is 13.1 Å². The zero-order valence-electron chi connectivity index (χ0n) is 8.60. The lowest BCUT2D eigenvalue weighted by atomic mass is 9.97. The van der Waals surface area contributed by atoms with Crippen LogP contribution in [0, 0.1) is 5.92 Å². The van der Waals surface area contributed by atoms with Gasteiger partial charge in [-0.3, -0.25) is 0 Å². The molecule has 0 aliphatic carbocycles. The van der Waals surface area contributed by atoms with Crippen LogP contribution in [0.1, 0.15) is 25.7 Å². The molecule has 0 unspecified atom stereocenters. The second-order valence-electron chi connectivity index (χ2n) is 5.04. The molecule has 1 rings (SSSR count). The van der Waals surface area contributed by atoms with E-state index in [0.717, 1.165) is 12.5 Å². The van der Waals surface area contributed by atoms with Crippen LogP contribution < -0.4 is 5.73 Å². The Morgan fingerprint density at radius 1 is 1.25 bits per heavy atom. The molecular formula is C10H23NSi. The normalized spacial score (nSPS) is 29.8. The summed E-state index contributed by atoms with van der Waals surface area (Å²) in [6, 6.07) is 3.09. The van der Waals surface area contributed by atoms with Gasteiger partial charge in [-0.2, -0.15) is 0 Å². The Hall–Kier alpha value is 0.177. The zero-order valence-corrected chi connectivity index (χ0v) is 9.60. The lowest BCUT2D eigenvalue weighted by Crippen LogP contribution is -2.23. The Morgan fingerprint density at radius 3 is 2.67 bits per heavy atom. The maximum atomic E-state index is 5.59. The first kappa shape index (κ1) is 10.3. The quantitative estimate of drug-likeness (QED) is 0.658. The Balaban J connectivity index is 2.34. The first-order chi connectivity index (χ1) is 5.64. The van der Waals surface area contributed by atoms with E-state index in [1.54, 1.807) is 6.04 Å². The van der Waals surface area contributed by atoms with Crippen LogP contribution in [-0.2, 0) is 0 Å². The molecule has 2 N–H and O–H groups in total. The summed E-state index contributed by atoms with van der Waals surface area (Å²) in [5, 5.41) is 0. The molecule has 1 aliphatic rings. The van der Waals surface area contributed by atoms with Gasteiger partial charge in [0.05, 0.1) is 0 Å². The van der Waals surface area contributed by atoms with E-state index in [4.69, 9.17) is 5.73 Å². The fourth-order valence-corrected chi connectivity index (χ4v) is 4.86. The van der Waals surface area contributed by atoms with E-state index in [0.29, 0.717) is 0 Å². The molecule has 0 aromatic carbocycles. The molecular weight excluding hydrogens is 162 g/mol. The van der Waals surface area contributed by atoms with Gasteiger partial charge in [-0.1, -0.05) is 44.4 Å². The molecule has 1 aliphatic heterocycles. The highest BCUT2D eigenvalue weighted by Crippen LogP contribution is 2.31. The van der Waals surface area contributed by atoms with Crippen LogP contribution in [0.15, 0.2) is 0 Å². The zero-order chi connectivity index (χ0) is 9.03. The SMILES string of the molecule is C[Si]1(C)CCC[C@@H](CCN)CC1. The fraction of sp³-hybridized carbons (Fsp3) is 1.00. The second-order valence-corrected chi connectivity index (χ2v) is 10.4. The minimum atomic E-state index is -0.752. The van der Waals surface area contributed by atoms with Gasteiger partial charge in [0.2, 0.25) is 0 Å².